The number of thioether (sulfide) groups is 1. The van der Waals surface area contributed by atoms with E-state index in [0.29, 0.717) is 40.3 Å². The van der Waals surface area contributed by atoms with Gasteiger partial charge in [0, 0.05) is 24.2 Å². The van der Waals surface area contributed by atoms with Gasteiger partial charge in [0.15, 0.2) is 0 Å². The fraction of sp³-hybridized carbons (Fsp3) is 0.370. The monoisotopic (exact) mass is 581 g/mol. The van der Waals surface area contributed by atoms with Crippen molar-refractivity contribution in [2.24, 2.45) is 4.99 Å². The van der Waals surface area contributed by atoms with Gasteiger partial charge in [0.1, 0.15) is 5.84 Å². The van der Waals surface area contributed by atoms with E-state index in [1.807, 2.05) is 0 Å². The molecule has 1 unspecified atom stereocenters. The molecule has 5 rings (SSSR count). The number of hydrogen-bond donors (Lipinski definition) is 1. The number of halogens is 6. The maximum absolute atomic E-state index is 13.6. The van der Waals surface area contributed by atoms with Crippen LogP contribution in [0.15, 0.2) is 52.5 Å². The third-order valence-electron chi connectivity index (χ3n) is 7.01. The highest BCUT2D eigenvalue weighted by Gasteiger charge is 2.38. The van der Waals surface area contributed by atoms with Gasteiger partial charge < -0.3 is 10.2 Å². The zero-order valence-corrected chi connectivity index (χ0v) is 22.1. The third-order valence-corrected chi connectivity index (χ3v) is 7.83. The van der Waals surface area contributed by atoms with Crippen LogP contribution in [0, 0.1) is 0 Å². The molecular weight excluding hydrogens is 556 g/mol. The van der Waals surface area contributed by atoms with Gasteiger partial charge in [-0.1, -0.05) is 12.1 Å². The lowest BCUT2D eigenvalue weighted by atomic mass is 10.0. The fourth-order valence-corrected chi connectivity index (χ4v) is 5.72. The Morgan fingerprint density at radius 1 is 1.12 bits per heavy atom. The first-order chi connectivity index (χ1) is 18.9. The number of amides is 1. The summed E-state index contributed by atoms with van der Waals surface area (Å²) in [5.74, 6) is 0.508. The van der Waals surface area contributed by atoms with Gasteiger partial charge in [-0.25, -0.2) is 0 Å². The Labute approximate surface area is 230 Å². The van der Waals surface area contributed by atoms with Gasteiger partial charge >= 0.3 is 12.4 Å². The molecule has 0 spiro atoms. The van der Waals surface area contributed by atoms with Crippen molar-refractivity contribution in [2.45, 2.75) is 44.2 Å². The van der Waals surface area contributed by atoms with Crippen molar-refractivity contribution in [1.82, 2.24) is 20.0 Å². The second-order valence-corrected chi connectivity index (χ2v) is 10.8. The number of benzene rings is 2. The highest BCUT2D eigenvalue weighted by Crippen LogP contribution is 2.37. The summed E-state index contributed by atoms with van der Waals surface area (Å²) in [5.41, 5.74) is -1.80. The van der Waals surface area contributed by atoms with Crippen LogP contribution >= 0.6 is 11.8 Å². The highest BCUT2D eigenvalue weighted by molar-refractivity contribution is 8.18. The largest absolute Gasteiger partial charge is 0.416 e. The Bertz CT molecular complexity index is 1490. The first-order valence-corrected chi connectivity index (χ1v) is 13.4. The van der Waals surface area contributed by atoms with Gasteiger partial charge in [-0.3, -0.25) is 14.5 Å². The van der Waals surface area contributed by atoms with Crippen LogP contribution in [0.4, 0.5) is 31.1 Å². The van der Waals surface area contributed by atoms with E-state index < -0.39 is 23.5 Å². The summed E-state index contributed by atoms with van der Waals surface area (Å²) < 4.78 is 80.9. The summed E-state index contributed by atoms with van der Waals surface area (Å²) in [6.07, 6.45) is -3.31. The van der Waals surface area contributed by atoms with Crippen LogP contribution in [-0.2, 0) is 18.9 Å². The van der Waals surface area contributed by atoms with Crippen molar-refractivity contribution >= 4 is 39.8 Å². The van der Waals surface area contributed by atoms with Crippen molar-refractivity contribution in [3.63, 3.8) is 0 Å². The van der Waals surface area contributed by atoms with Gasteiger partial charge in [-0.05, 0) is 86.1 Å². The van der Waals surface area contributed by atoms with E-state index >= 15 is 0 Å². The number of carbonyl (C=O) groups excluding carboxylic acids is 1. The van der Waals surface area contributed by atoms with Gasteiger partial charge in [-0.15, -0.1) is 0 Å². The molecule has 2 fully saturated rings. The molecule has 1 atom stereocenters. The van der Waals surface area contributed by atoms with Gasteiger partial charge in [0.25, 0.3) is 5.24 Å². The number of rotatable bonds is 6. The lowest BCUT2D eigenvalue weighted by Gasteiger charge is -2.17. The predicted molar refractivity (Wildman–Crippen MR) is 142 cm³/mol. The molecule has 40 heavy (non-hydrogen) atoms. The van der Waals surface area contributed by atoms with Crippen LogP contribution < -0.4 is 5.32 Å². The molecular formula is C27H25F6N5OS. The zero-order chi connectivity index (χ0) is 28.7. The minimum Gasteiger partial charge on any atom is -0.303 e. The van der Waals surface area contributed by atoms with Crippen molar-refractivity contribution in [3.05, 3.63) is 69.8 Å². The molecule has 0 bridgehead atoms. The standard InChI is InChI=1S/C27H25F6N5OS/c1-37-10-2-3-20(37)8-9-34-24-23(40-25(39)35-24)12-16-4-7-22-18(11-16)15-38(36-22)14-17-5-6-19(26(28,29)30)13-21(17)27(31,32)33/h4-7,11-13,15,20H,2-3,8-10,14H2,1H3,(H,34,35,39)/b23-12+. The molecule has 13 heteroatoms. The SMILES string of the molecule is CN1CCCC1CCN=C1NC(=O)S/C1=C/c1ccc2nn(Cc3ccc(C(F)(F)F)cc3C(F)(F)F)cc2c1. The number of amidine groups is 1. The number of likely N-dealkylation sites (tertiary alicyclic amines) is 1. The number of fused-ring (bicyclic) bond motifs is 1. The summed E-state index contributed by atoms with van der Waals surface area (Å²) in [6, 6.07) is 7.31. The molecule has 0 aliphatic carbocycles. The molecule has 1 N–H and O–H groups in total. The smallest absolute Gasteiger partial charge is 0.303 e. The van der Waals surface area contributed by atoms with E-state index in [-0.39, 0.29) is 23.4 Å². The summed E-state index contributed by atoms with van der Waals surface area (Å²) in [4.78, 5) is 19.6. The number of alkyl halides is 6. The molecule has 1 amide bonds. The molecule has 2 aromatic carbocycles. The van der Waals surface area contributed by atoms with Crippen molar-refractivity contribution in [2.75, 3.05) is 20.1 Å². The van der Waals surface area contributed by atoms with Crippen molar-refractivity contribution in [1.29, 1.82) is 0 Å². The Hall–Kier alpha value is -3.32. The number of aliphatic imine (C=N–C) groups is 1. The Kier molecular flexibility index (Phi) is 7.71. The quantitative estimate of drug-likeness (QED) is 0.325. The maximum atomic E-state index is 13.6. The van der Waals surface area contributed by atoms with Crippen LogP contribution in [0.3, 0.4) is 0 Å². The number of aromatic nitrogens is 2. The number of nitrogens with zero attached hydrogens (tertiary/aromatic N) is 4. The molecule has 1 aromatic heterocycles. The molecule has 3 aromatic rings. The average Bonchev–Trinajstić information content (AvgIpc) is 3.56. The van der Waals surface area contributed by atoms with Crippen LogP contribution in [-0.4, -0.2) is 51.9 Å². The third kappa shape index (κ3) is 6.35. The fourth-order valence-electron chi connectivity index (χ4n) is 4.96. The number of hydrogen-bond acceptors (Lipinski definition) is 5. The Morgan fingerprint density at radius 3 is 2.62 bits per heavy atom. The second-order valence-electron chi connectivity index (χ2n) is 9.83. The van der Waals surface area contributed by atoms with E-state index in [2.05, 4.69) is 27.4 Å². The maximum Gasteiger partial charge on any atom is 0.416 e. The lowest BCUT2D eigenvalue weighted by molar-refractivity contribution is -0.143. The highest BCUT2D eigenvalue weighted by atomic mass is 32.2. The second kappa shape index (κ2) is 10.9. The molecule has 2 aliphatic heterocycles. The van der Waals surface area contributed by atoms with E-state index in [1.165, 1.54) is 17.3 Å². The molecule has 212 valence electrons. The minimum absolute atomic E-state index is 0.128. The van der Waals surface area contributed by atoms with E-state index in [9.17, 15) is 31.1 Å². The number of carbonyl (C=O) groups is 1. The van der Waals surface area contributed by atoms with E-state index in [1.54, 1.807) is 24.3 Å². The zero-order valence-electron chi connectivity index (χ0n) is 21.3. The topological polar surface area (TPSA) is 62.5 Å². The Balaban J connectivity index is 1.36. The average molecular weight is 582 g/mol. The Morgan fingerprint density at radius 2 is 1.93 bits per heavy atom. The molecule has 0 saturated carbocycles. The minimum atomic E-state index is -4.96. The first kappa shape index (κ1) is 28.2. The first-order valence-electron chi connectivity index (χ1n) is 12.6. The van der Waals surface area contributed by atoms with Gasteiger partial charge in [0.05, 0.1) is 28.1 Å². The van der Waals surface area contributed by atoms with Crippen LogP contribution in [0.2, 0.25) is 0 Å². The van der Waals surface area contributed by atoms with Crippen LogP contribution in [0.5, 0.6) is 0 Å². The molecule has 0 radical (unpaired) electrons. The van der Waals surface area contributed by atoms with Crippen LogP contribution in [0.25, 0.3) is 17.0 Å². The summed E-state index contributed by atoms with van der Waals surface area (Å²) in [6.45, 7) is 1.30. The van der Waals surface area contributed by atoms with E-state index in [4.69, 9.17) is 0 Å². The molecule has 6 nitrogen and oxygen atoms in total. The normalized spacial score (nSPS) is 20.8. The summed E-state index contributed by atoms with van der Waals surface area (Å²) in [7, 11) is 2.10. The van der Waals surface area contributed by atoms with Crippen LogP contribution in [0.1, 0.15) is 41.5 Å². The number of nitrogens with one attached hydrogen (secondary N) is 1. The van der Waals surface area contributed by atoms with Crippen molar-refractivity contribution in [3.8, 4) is 0 Å². The van der Waals surface area contributed by atoms with Gasteiger partial charge in [-0.2, -0.15) is 31.4 Å². The summed E-state index contributed by atoms with van der Waals surface area (Å²) >= 11 is 1.03. The van der Waals surface area contributed by atoms with Gasteiger partial charge in [0.2, 0.25) is 0 Å². The predicted octanol–water partition coefficient (Wildman–Crippen LogP) is 6.80. The summed E-state index contributed by atoms with van der Waals surface area (Å²) in [5, 5.41) is 7.46. The molecule has 2 saturated heterocycles. The molecule has 2 aliphatic rings. The van der Waals surface area contributed by atoms with E-state index in [0.717, 1.165) is 42.8 Å². The molecule has 3 heterocycles. The lowest BCUT2D eigenvalue weighted by Crippen LogP contribution is -2.26. The van der Waals surface area contributed by atoms with Crippen molar-refractivity contribution < 1.29 is 31.1 Å².